The Kier molecular flexibility index (Phi) is 3.78. The highest BCUT2D eigenvalue weighted by atomic mass is 19.1. The van der Waals surface area contributed by atoms with E-state index in [1.54, 1.807) is 0 Å². The maximum Gasteiger partial charge on any atom is 0.151 e. The third-order valence-electron chi connectivity index (χ3n) is 2.97. The average Bonchev–Trinajstić information content (AvgIpc) is 2.29. The second-order valence-electron chi connectivity index (χ2n) is 4.30. The molecule has 94 valence electrons. The first-order valence-electron chi connectivity index (χ1n) is 5.73. The van der Waals surface area contributed by atoms with E-state index >= 15 is 0 Å². The van der Waals surface area contributed by atoms with E-state index < -0.39 is 11.6 Å². The lowest BCUT2D eigenvalue weighted by atomic mass is 10.0. The molecule has 0 amide bonds. The van der Waals surface area contributed by atoms with Crippen LogP contribution in [0.2, 0.25) is 0 Å². The summed E-state index contributed by atoms with van der Waals surface area (Å²) in [7, 11) is 0. The van der Waals surface area contributed by atoms with Crippen molar-refractivity contribution in [3.8, 4) is 0 Å². The summed E-state index contributed by atoms with van der Waals surface area (Å²) in [5.74, 6) is -0.885. The summed E-state index contributed by atoms with van der Waals surface area (Å²) >= 11 is 0. The molecule has 1 aliphatic heterocycles. The fourth-order valence-corrected chi connectivity index (χ4v) is 1.96. The fourth-order valence-electron chi connectivity index (χ4n) is 1.96. The summed E-state index contributed by atoms with van der Waals surface area (Å²) in [5, 5.41) is 2.82. The van der Waals surface area contributed by atoms with Gasteiger partial charge in [0.25, 0.3) is 0 Å². The molecule has 0 atom stereocenters. The SMILES string of the molecule is Nc1cc(F)c(NCC2CCOCC2)c(F)c1. The molecule has 2 rings (SSSR count). The molecule has 0 aromatic heterocycles. The minimum atomic E-state index is -0.644. The van der Waals surface area contributed by atoms with Gasteiger partial charge in [-0.25, -0.2) is 8.78 Å². The van der Waals surface area contributed by atoms with Crippen LogP contribution in [0.1, 0.15) is 12.8 Å². The number of ether oxygens (including phenoxy) is 1. The van der Waals surface area contributed by atoms with Gasteiger partial charge >= 0.3 is 0 Å². The van der Waals surface area contributed by atoms with Crippen LogP contribution in [-0.4, -0.2) is 19.8 Å². The number of benzene rings is 1. The first-order chi connectivity index (χ1) is 8.16. The Morgan fingerprint density at radius 3 is 2.41 bits per heavy atom. The van der Waals surface area contributed by atoms with Crippen molar-refractivity contribution >= 4 is 11.4 Å². The van der Waals surface area contributed by atoms with E-state index in [-0.39, 0.29) is 11.4 Å². The van der Waals surface area contributed by atoms with Gasteiger partial charge in [0.1, 0.15) is 5.69 Å². The Hall–Kier alpha value is -1.36. The summed E-state index contributed by atoms with van der Waals surface area (Å²) in [6, 6.07) is 2.24. The summed E-state index contributed by atoms with van der Waals surface area (Å²) in [6.07, 6.45) is 1.84. The van der Waals surface area contributed by atoms with Gasteiger partial charge < -0.3 is 15.8 Å². The summed E-state index contributed by atoms with van der Waals surface area (Å²) in [5.41, 5.74) is 5.35. The van der Waals surface area contributed by atoms with Crippen molar-refractivity contribution < 1.29 is 13.5 Å². The average molecular weight is 242 g/mol. The number of nitrogens with one attached hydrogen (secondary N) is 1. The molecule has 1 aliphatic rings. The summed E-state index contributed by atoms with van der Waals surface area (Å²) in [4.78, 5) is 0. The van der Waals surface area contributed by atoms with Crippen LogP contribution in [0.5, 0.6) is 0 Å². The van der Waals surface area contributed by atoms with E-state index in [9.17, 15) is 8.78 Å². The van der Waals surface area contributed by atoms with Crippen LogP contribution in [0.4, 0.5) is 20.2 Å². The smallest absolute Gasteiger partial charge is 0.151 e. The molecular formula is C12H16F2N2O. The molecule has 0 aliphatic carbocycles. The van der Waals surface area contributed by atoms with Crippen LogP contribution in [0.15, 0.2) is 12.1 Å². The van der Waals surface area contributed by atoms with Crippen LogP contribution < -0.4 is 11.1 Å². The first kappa shape index (κ1) is 12.1. The fraction of sp³-hybridized carbons (Fsp3) is 0.500. The quantitative estimate of drug-likeness (QED) is 0.800. The molecule has 1 heterocycles. The molecule has 1 fully saturated rings. The zero-order valence-corrected chi connectivity index (χ0v) is 9.51. The molecule has 17 heavy (non-hydrogen) atoms. The third kappa shape index (κ3) is 3.06. The predicted molar refractivity (Wildman–Crippen MR) is 62.8 cm³/mol. The Bertz CT molecular complexity index is 369. The molecule has 3 N–H and O–H groups in total. The number of nitrogen functional groups attached to an aromatic ring is 1. The number of anilines is 2. The van der Waals surface area contributed by atoms with Gasteiger partial charge in [-0.3, -0.25) is 0 Å². The number of rotatable bonds is 3. The topological polar surface area (TPSA) is 47.3 Å². The highest BCUT2D eigenvalue weighted by Crippen LogP contribution is 2.23. The number of halogens is 2. The number of hydrogen-bond donors (Lipinski definition) is 2. The molecule has 0 bridgehead atoms. The standard InChI is InChI=1S/C12H16F2N2O/c13-10-5-9(15)6-11(14)12(10)16-7-8-1-3-17-4-2-8/h5-6,8,16H,1-4,7,15H2. The van der Waals surface area contributed by atoms with E-state index in [2.05, 4.69) is 5.32 Å². The van der Waals surface area contributed by atoms with Gasteiger partial charge in [-0.1, -0.05) is 0 Å². The highest BCUT2D eigenvalue weighted by Gasteiger charge is 2.16. The molecule has 5 heteroatoms. The number of nitrogens with two attached hydrogens (primary N) is 1. The second kappa shape index (κ2) is 5.31. The van der Waals surface area contributed by atoms with Crippen LogP contribution in [0.3, 0.4) is 0 Å². The Balaban J connectivity index is 1.98. The molecule has 0 saturated carbocycles. The van der Waals surface area contributed by atoms with Gasteiger partial charge in [-0.15, -0.1) is 0 Å². The van der Waals surface area contributed by atoms with Crippen LogP contribution in [0, 0.1) is 17.6 Å². The lowest BCUT2D eigenvalue weighted by Crippen LogP contribution is -2.23. The lowest BCUT2D eigenvalue weighted by molar-refractivity contribution is 0.0699. The zero-order chi connectivity index (χ0) is 12.3. The van der Waals surface area contributed by atoms with Crippen molar-refractivity contribution in [2.24, 2.45) is 5.92 Å². The highest BCUT2D eigenvalue weighted by molar-refractivity contribution is 5.54. The minimum Gasteiger partial charge on any atom is -0.399 e. The predicted octanol–water partition coefficient (Wildman–Crippen LogP) is 2.39. The van der Waals surface area contributed by atoms with Crippen LogP contribution in [-0.2, 0) is 4.74 Å². The van der Waals surface area contributed by atoms with E-state index in [0.29, 0.717) is 12.5 Å². The normalized spacial score (nSPS) is 17.1. The van der Waals surface area contributed by atoms with E-state index in [1.165, 1.54) is 0 Å². The Morgan fingerprint density at radius 1 is 1.24 bits per heavy atom. The van der Waals surface area contributed by atoms with Crippen molar-refractivity contribution in [3.05, 3.63) is 23.8 Å². The van der Waals surface area contributed by atoms with Gasteiger partial charge in [-0.2, -0.15) is 0 Å². The molecule has 0 unspecified atom stereocenters. The molecule has 1 aromatic rings. The zero-order valence-electron chi connectivity index (χ0n) is 9.51. The molecular weight excluding hydrogens is 226 g/mol. The van der Waals surface area contributed by atoms with Crippen molar-refractivity contribution in [2.45, 2.75) is 12.8 Å². The first-order valence-corrected chi connectivity index (χ1v) is 5.73. The maximum absolute atomic E-state index is 13.5. The number of hydrogen-bond acceptors (Lipinski definition) is 3. The molecule has 3 nitrogen and oxygen atoms in total. The van der Waals surface area contributed by atoms with E-state index in [1.807, 2.05) is 0 Å². The molecule has 0 spiro atoms. The second-order valence-corrected chi connectivity index (χ2v) is 4.30. The summed E-state index contributed by atoms with van der Waals surface area (Å²) in [6.45, 7) is 2.00. The van der Waals surface area contributed by atoms with Crippen molar-refractivity contribution in [1.82, 2.24) is 0 Å². The van der Waals surface area contributed by atoms with E-state index in [0.717, 1.165) is 38.2 Å². The summed E-state index contributed by atoms with van der Waals surface area (Å²) < 4.78 is 32.1. The lowest BCUT2D eigenvalue weighted by Gasteiger charge is -2.22. The largest absolute Gasteiger partial charge is 0.399 e. The van der Waals surface area contributed by atoms with Crippen molar-refractivity contribution in [2.75, 3.05) is 30.8 Å². The van der Waals surface area contributed by atoms with Crippen LogP contribution >= 0.6 is 0 Å². The van der Waals surface area contributed by atoms with E-state index in [4.69, 9.17) is 10.5 Å². The van der Waals surface area contributed by atoms with Gasteiger partial charge in [0.2, 0.25) is 0 Å². The van der Waals surface area contributed by atoms with Gasteiger partial charge in [-0.05, 0) is 30.9 Å². The van der Waals surface area contributed by atoms with Gasteiger partial charge in [0, 0.05) is 25.4 Å². The molecule has 1 aromatic carbocycles. The molecule has 0 radical (unpaired) electrons. The monoisotopic (exact) mass is 242 g/mol. The Labute approximate surface area is 98.9 Å². The Morgan fingerprint density at radius 2 is 1.82 bits per heavy atom. The van der Waals surface area contributed by atoms with Crippen LogP contribution in [0.25, 0.3) is 0 Å². The van der Waals surface area contributed by atoms with Crippen molar-refractivity contribution in [3.63, 3.8) is 0 Å². The third-order valence-corrected chi connectivity index (χ3v) is 2.97. The van der Waals surface area contributed by atoms with Gasteiger partial charge in [0.05, 0.1) is 0 Å². The maximum atomic E-state index is 13.5. The van der Waals surface area contributed by atoms with Crippen molar-refractivity contribution in [1.29, 1.82) is 0 Å². The molecule has 1 saturated heterocycles. The minimum absolute atomic E-state index is 0.0920. The van der Waals surface area contributed by atoms with Gasteiger partial charge in [0.15, 0.2) is 11.6 Å².